The van der Waals surface area contributed by atoms with E-state index >= 15 is 0 Å². The highest BCUT2D eigenvalue weighted by Gasteiger charge is 2.31. The van der Waals surface area contributed by atoms with Gasteiger partial charge in [-0.25, -0.2) is 8.42 Å². The molecule has 14 heavy (non-hydrogen) atoms. The Morgan fingerprint density at radius 2 is 1.79 bits per heavy atom. The van der Waals surface area contributed by atoms with Crippen LogP contribution >= 0.6 is 0 Å². The van der Waals surface area contributed by atoms with Gasteiger partial charge in [0.05, 0.1) is 24.7 Å². The molecule has 2 N–H and O–H groups in total. The Morgan fingerprint density at radius 1 is 1.21 bits per heavy atom. The number of aliphatic hydroxyl groups excluding tert-OH is 2. The molecule has 0 aromatic heterocycles. The number of hydrogen-bond acceptors (Lipinski definition) is 5. The molecule has 1 aliphatic rings. The summed E-state index contributed by atoms with van der Waals surface area (Å²) in [5, 5.41) is 17.6. The molecule has 1 unspecified atom stereocenters. The molecular weight excluding hydrogens is 206 g/mol. The summed E-state index contributed by atoms with van der Waals surface area (Å²) < 4.78 is 22.4. The summed E-state index contributed by atoms with van der Waals surface area (Å²) in [4.78, 5) is 1.84. The SMILES string of the molecule is O=S1(=O)CCC(N(CCO)CCO)C1. The maximum Gasteiger partial charge on any atom is 0.151 e. The third-order valence-corrected chi connectivity index (χ3v) is 4.25. The predicted molar refractivity (Wildman–Crippen MR) is 52.8 cm³/mol. The van der Waals surface area contributed by atoms with Gasteiger partial charge in [-0.2, -0.15) is 0 Å². The fourth-order valence-corrected chi connectivity index (χ4v) is 3.56. The molecule has 0 amide bonds. The molecule has 0 saturated carbocycles. The predicted octanol–water partition coefficient (Wildman–Crippen LogP) is -1.54. The first kappa shape index (κ1) is 11.9. The zero-order valence-electron chi connectivity index (χ0n) is 8.09. The van der Waals surface area contributed by atoms with E-state index in [0.717, 1.165) is 0 Å². The van der Waals surface area contributed by atoms with Crippen LogP contribution in [0.2, 0.25) is 0 Å². The van der Waals surface area contributed by atoms with Gasteiger partial charge in [-0.15, -0.1) is 0 Å². The Hall–Kier alpha value is -0.170. The first-order chi connectivity index (χ1) is 6.59. The van der Waals surface area contributed by atoms with Crippen LogP contribution in [-0.2, 0) is 9.84 Å². The van der Waals surface area contributed by atoms with Gasteiger partial charge in [-0.3, -0.25) is 4.90 Å². The van der Waals surface area contributed by atoms with Crippen LogP contribution in [0.4, 0.5) is 0 Å². The highest BCUT2D eigenvalue weighted by molar-refractivity contribution is 7.91. The quantitative estimate of drug-likeness (QED) is 0.590. The van der Waals surface area contributed by atoms with Crippen LogP contribution in [0, 0.1) is 0 Å². The van der Waals surface area contributed by atoms with Gasteiger partial charge in [0, 0.05) is 19.1 Å². The number of sulfone groups is 1. The van der Waals surface area contributed by atoms with E-state index in [1.165, 1.54) is 0 Å². The van der Waals surface area contributed by atoms with Crippen LogP contribution < -0.4 is 0 Å². The molecule has 1 atom stereocenters. The summed E-state index contributed by atoms with van der Waals surface area (Å²) in [5.41, 5.74) is 0. The number of nitrogens with zero attached hydrogens (tertiary/aromatic N) is 1. The van der Waals surface area contributed by atoms with Gasteiger partial charge in [0.25, 0.3) is 0 Å². The third-order valence-electron chi connectivity index (χ3n) is 2.50. The minimum absolute atomic E-state index is 0.00342. The maximum atomic E-state index is 11.2. The zero-order chi connectivity index (χ0) is 10.6. The van der Waals surface area contributed by atoms with Crippen molar-refractivity contribution in [1.29, 1.82) is 0 Å². The second-order valence-electron chi connectivity index (χ2n) is 3.54. The largest absolute Gasteiger partial charge is 0.395 e. The molecule has 1 saturated heterocycles. The standard InChI is InChI=1S/C8H17NO4S/c10-4-2-9(3-5-11)8-1-6-14(12,13)7-8/h8,10-11H,1-7H2. The average Bonchev–Trinajstić information content (AvgIpc) is 2.46. The molecule has 0 aromatic carbocycles. The Labute approximate surface area is 84.3 Å². The van der Waals surface area contributed by atoms with Gasteiger partial charge >= 0.3 is 0 Å². The molecule has 1 aliphatic heterocycles. The summed E-state index contributed by atoms with van der Waals surface area (Å²) in [7, 11) is -2.88. The van der Waals surface area contributed by atoms with Crippen molar-refractivity contribution in [3.05, 3.63) is 0 Å². The maximum absolute atomic E-state index is 11.2. The Balaban J connectivity index is 2.52. The molecule has 0 aliphatic carbocycles. The summed E-state index contributed by atoms with van der Waals surface area (Å²) in [6.07, 6.45) is 0.613. The Kier molecular flexibility index (Phi) is 4.31. The van der Waals surface area contributed by atoms with Crippen molar-refractivity contribution in [2.75, 3.05) is 37.8 Å². The molecule has 0 radical (unpaired) electrons. The second kappa shape index (κ2) is 5.06. The Morgan fingerprint density at radius 3 is 2.14 bits per heavy atom. The van der Waals surface area contributed by atoms with Crippen LogP contribution in [0.5, 0.6) is 0 Å². The fraction of sp³-hybridized carbons (Fsp3) is 1.00. The minimum atomic E-state index is -2.88. The molecule has 0 aromatic rings. The lowest BCUT2D eigenvalue weighted by atomic mass is 10.2. The zero-order valence-corrected chi connectivity index (χ0v) is 8.91. The lowest BCUT2D eigenvalue weighted by Crippen LogP contribution is -2.40. The van der Waals surface area contributed by atoms with E-state index in [1.807, 2.05) is 4.90 Å². The lowest BCUT2D eigenvalue weighted by Gasteiger charge is -2.26. The fourth-order valence-electron chi connectivity index (χ4n) is 1.80. The molecule has 6 heteroatoms. The highest BCUT2D eigenvalue weighted by atomic mass is 32.2. The van der Waals surface area contributed by atoms with Gasteiger partial charge < -0.3 is 10.2 Å². The molecule has 84 valence electrons. The monoisotopic (exact) mass is 223 g/mol. The summed E-state index contributed by atoms with van der Waals surface area (Å²) in [6, 6.07) is -0.0284. The molecule has 1 fully saturated rings. The van der Waals surface area contributed by atoms with E-state index in [4.69, 9.17) is 10.2 Å². The highest BCUT2D eigenvalue weighted by Crippen LogP contribution is 2.16. The smallest absolute Gasteiger partial charge is 0.151 e. The van der Waals surface area contributed by atoms with Gasteiger partial charge in [0.2, 0.25) is 0 Å². The van der Waals surface area contributed by atoms with Crippen LogP contribution in [0.25, 0.3) is 0 Å². The van der Waals surface area contributed by atoms with Crippen molar-refractivity contribution in [3.63, 3.8) is 0 Å². The number of aliphatic hydroxyl groups is 2. The summed E-state index contributed by atoms with van der Waals surface area (Å²) in [6.45, 7) is 0.856. The third kappa shape index (κ3) is 3.20. The van der Waals surface area contributed by atoms with Crippen molar-refractivity contribution >= 4 is 9.84 Å². The molecule has 0 spiro atoms. The van der Waals surface area contributed by atoms with Crippen LogP contribution in [0.3, 0.4) is 0 Å². The number of rotatable bonds is 5. The van der Waals surface area contributed by atoms with Crippen LogP contribution in [0.1, 0.15) is 6.42 Å². The van der Waals surface area contributed by atoms with Crippen molar-refractivity contribution in [1.82, 2.24) is 4.90 Å². The van der Waals surface area contributed by atoms with E-state index in [2.05, 4.69) is 0 Å². The van der Waals surface area contributed by atoms with E-state index in [1.54, 1.807) is 0 Å². The van der Waals surface area contributed by atoms with Gasteiger partial charge in [-0.1, -0.05) is 0 Å². The Bertz CT molecular complexity index is 259. The van der Waals surface area contributed by atoms with E-state index in [9.17, 15) is 8.42 Å². The summed E-state index contributed by atoms with van der Waals surface area (Å²) in [5.74, 6) is 0.387. The average molecular weight is 223 g/mol. The van der Waals surface area contributed by atoms with Gasteiger partial charge in [0.15, 0.2) is 9.84 Å². The first-order valence-electron chi connectivity index (χ1n) is 4.75. The summed E-state index contributed by atoms with van der Waals surface area (Å²) >= 11 is 0. The lowest BCUT2D eigenvalue weighted by molar-refractivity contribution is 0.131. The molecule has 0 bridgehead atoms. The van der Waals surface area contributed by atoms with Gasteiger partial charge in [-0.05, 0) is 6.42 Å². The molecule has 1 heterocycles. The van der Waals surface area contributed by atoms with Crippen molar-refractivity contribution in [2.24, 2.45) is 0 Å². The van der Waals surface area contributed by atoms with Crippen molar-refractivity contribution < 1.29 is 18.6 Å². The molecular formula is C8H17NO4S. The minimum Gasteiger partial charge on any atom is -0.395 e. The first-order valence-corrected chi connectivity index (χ1v) is 6.57. The van der Waals surface area contributed by atoms with Crippen molar-refractivity contribution in [2.45, 2.75) is 12.5 Å². The van der Waals surface area contributed by atoms with Crippen molar-refractivity contribution in [3.8, 4) is 0 Å². The van der Waals surface area contributed by atoms with Gasteiger partial charge in [0.1, 0.15) is 0 Å². The molecule has 5 nitrogen and oxygen atoms in total. The number of hydrogen-bond donors (Lipinski definition) is 2. The van der Waals surface area contributed by atoms with E-state index < -0.39 is 9.84 Å². The van der Waals surface area contributed by atoms with E-state index in [-0.39, 0.29) is 30.8 Å². The second-order valence-corrected chi connectivity index (χ2v) is 5.77. The molecule has 1 rings (SSSR count). The van der Waals surface area contributed by atoms with E-state index in [0.29, 0.717) is 19.5 Å². The van der Waals surface area contributed by atoms with Crippen LogP contribution in [-0.4, -0.2) is 67.4 Å². The normalized spacial score (nSPS) is 25.8. The van der Waals surface area contributed by atoms with Crippen LogP contribution in [0.15, 0.2) is 0 Å². The topological polar surface area (TPSA) is 77.8 Å².